The lowest BCUT2D eigenvalue weighted by molar-refractivity contribution is -0.145. The maximum absolute atomic E-state index is 11.1. The third kappa shape index (κ3) is 6.48. The zero-order valence-corrected chi connectivity index (χ0v) is 14.4. The van der Waals surface area contributed by atoms with Crippen LogP contribution in [-0.2, 0) is 11.3 Å². The summed E-state index contributed by atoms with van der Waals surface area (Å²) in [6.45, 7) is 8.03. The van der Waals surface area contributed by atoms with Crippen LogP contribution >= 0.6 is 15.9 Å². The predicted molar refractivity (Wildman–Crippen MR) is 87.6 cm³/mol. The van der Waals surface area contributed by atoms with Gasteiger partial charge in [0.25, 0.3) is 0 Å². The first-order valence-corrected chi connectivity index (χ1v) is 8.12. The summed E-state index contributed by atoms with van der Waals surface area (Å²) in [5.41, 5.74) is 1.14. The summed E-state index contributed by atoms with van der Waals surface area (Å²) in [7, 11) is 0. The maximum Gasteiger partial charge on any atom is 0.344 e. The molecular weight excluding hydrogens is 334 g/mol. The smallest absolute Gasteiger partial charge is 0.344 e. The van der Waals surface area contributed by atoms with E-state index in [9.17, 15) is 4.79 Å². The Hall–Kier alpha value is -1.07. The van der Waals surface area contributed by atoms with E-state index in [2.05, 4.69) is 35.1 Å². The van der Waals surface area contributed by atoms with Gasteiger partial charge in [0.15, 0.2) is 6.10 Å². The van der Waals surface area contributed by atoms with Crippen molar-refractivity contribution in [3.05, 3.63) is 28.2 Å². The minimum Gasteiger partial charge on any atom is -0.479 e. The second kappa shape index (κ2) is 9.05. The molecule has 5 heteroatoms. The monoisotopic (exact) mass is 357 g/mol. The van der Waals surface area contributed by atoms with Crippen LogP contribution in [0.3, 0.4) is 0 Å². The Bertz CT molecular complexity index is 463. The molecule has 21 heavy (non-hydrogen) atoms. The molecule has 4 nitrogen and oxygen atoms in total. The van der Waals surface area contributed by atoms with E-state index in [1.165, 1.54) is 0 Å². The molecule has 0 aromatic heterocycles. The van der Waals surface area contributed by atoms with E-state index < -0.39 is 12.1 Å². The number of hydrogen-bond acceptors (Lipinski definition) is 3. The highest BCUT2D eigenvalue weighted by atomic mass is 79.9. The van der Waals surface area contributed by atoms with Crippen molar-refractivity contribution in [2.24, 2.45) is 5.92 Å². The van der Waals surface area contributed by atoms with Crippen LogP contribution in [0.4, 0.5) is 0 Å². The van der Waals surface area contributed by atoms with Gasteiger partial charge < -0.3 is 15.2 Å². The average molecular weight is 358 g/mol. The van der Waals surface area contributed by atoms with Gasteiger partial charge in [-0.25, -0.2) is 4.79 Å². The lowest BCUT2D eigenvalue weighted by Gasteiger charge is -2.16. The van der Waals surface area contributed by atoms with Crippen LogP contribution in [0, 0.1) is 5.92 Å². The molecule has 0 heterocycles. The molecule has 0 fully saturated rings. The number of carbonyl (C=O) groups is 1. The first-order valence-electron chi connectivity index (χ1n) is 7.32. The Kier molecular flexibility index (Phi) is 7.75. The first kappa shape index (κ1) is 18.0. The van der Waals surface area contributed by atoms with Crippen LogP contribution < -0.4 is 10.1 Å². The largest absolute Gasteiger partial charge is 0.479 e. The second-order valence-electron chi connectivity index (χ2n) is 5.52. The molecule has 1 aromatic rings. The van der Waals surface area contributed by atoms with E-state index in [-0.39, 0.29) is 0 Å². The summed E-state index contributed by atoms with van der Waals surface area (Å²) >= 11 is 3.45. The highest BCUT2D eigenvalue weighted by Crippen LogP contribution is 2.27. The molecule has 0 amide bonds. The Balaban J connectivity index is 2.66. The number of aliphatic carboxylic acids is 1. The Labute approximate surface area is 135 Å². The van der Waals surface area contributed by atoms with Crippen molar-refractivity contribution in [3.63, 3.8) is 0 Å². The molecule has 0 aliphatic rings. The number of halogens is 1. The Morgan fingerprint density at radius 2 is 2.14 bits per heavy atom. The summed E-state index contributed by atoms with van der Waals surface area (Å²) < 4.78 is 6.36. The molecule has 0 spiro atoms. The third-order valence-electron chi connectivity index (χ3n) is 2.97. The maximum atomic E-state index is 11.1. The molecule has 0 aliphatic heterocycles. The van der Waals surface area contributed by atoms with E-state index in [1.54, 1.807) is 0 Å². The standard InChI is InChI=1S/C16H24BrNO3/c1-4-5-15(16(19)20)21-14-7-6-12(8-13(14)17)10-18-9-11(2)3/h6-8,11,15,18H,4-5,9-10H2,1-3H3,(H,19,20). The fourth-order valence-corrected chi connectivity index (χ4v) is 2.42. The van der Waals surface area contributed by atoms with Crippen molar-refractivity contribution in [1.29, 1.82) is 0 Å². The molecule has 1 aromatic carbocycles. The molecule has 0 bridgehead atoms. The van der Waals surface area contributed by atoms with Gasteiger partial charge in [-0.2, -0.15) is 0 Å². The van der Waals surface area contributed by atoms with E-state index in [4.69, 9.17) is 9.84 Å². The molecule has 0 aliphatic carbocycles. The molecule has 118 valence electrons. The lowest BCUT2D eigenvalue weighted by Crippen LogP contribution is -2.26. The molecule has 0 saturated carbocycles. The van der Waals surface area contributed by atoms with E-state index >= 15 is 0 Å². The van der Waals surface area contributed by atoms with Crippen LogP contribution in [0.2, 0.25) is 0 Å². The molecule has 0 radical (unpaired) electrons. The number of benzene rings is 1. The van der Waals surface area contributed by atoms with Gasteiger partial charge in [-0.15, -0.1) is 0 Å². The SMILES string of the molecule is CCCC(Oc1ccc(CNCC(C)C)cc1Br)C(=O)O. The zero-order chi connectivity index (χ0) is 15.8. The lowest BCUT2D eigenvalue weighted by atomic mass is 10.2. The fourth-order valence-electron chi connectivity index (χ4n) is 1.90. The summed E-state index contributed by atoms with van der Waals surface area (Å²) in [5, 5.41) is 12.5. The topological polar surface area (TPSA) is 58.6 Å². The third-order valence-corrected chi connectivity index (χ3v) is 3.59. The number of carboxylic acids is 1. The zero-order valence-electron chi connectivity index (χ0n) is 12.9. The van der Waals surface area contributed by atoms with E-state index in [1.807, 2.05) is 25.1 Å². The number of hydrogen-bond donors (Lipinski definition) is 2. The van der Waals surface area contributed by atoms with Gasteiger partial charge in [0.05, 0.1) is 4.47 Å². The number of ether oxygens (including phenoxy) is 1. The first-order chi connectivity index (χ1) is 9.93. The van der Waals surface area contributed by atoms with Gasteiger partial charge >= 0.3 is 5.97 Å². The minimum atomic E-state index is -0.925. The summed E-state index contributed by atoms with van der Waals surface area (Å²) in [5.74, 6) is 0.260. The normalized spacial score (nSPS) is 12.4. The van der Waals surface area contributed by atoms with Crippen molar-refractivity contribution in [2.75, 3.05) is 6.54 Å². The highest BCUT2D eigenvalue weighted by molar-refractivity contribution is 9.10. The van der Waals surface area contributed by atoms with Gasteiger partial charge in [0.1, 0.15) is 5.75 Å². The molecular formula is C16H24BrNO3. The number of nitrogens with one attached hydrogen (secondary N) is 1. The molecule has 2 N–H and O–H groups in total. The van der Waals surface area contributed by atoms with Crippen molar-refractivity contribution < 1.29 is 14.6 Å². The van der Waals surface area contributed by atoms with Crippen molar-refractivity contribution >= 4 is 21.9 Å². The second-order valence-corrected chi connectivity index (χ2v) is 6.38. The highest BCUT2D eigenvalue weighted by Gasteiger charge is 2.19. The summed E-state index contributed by atoms with van der Waals surface area (Å²) in [6.07, 6.45) is 0.474. The molecule has 1 atom stereocenters. The summed E-state index contributed by atoms with van der Waals surface area (Å²) in [4.78, 5) is 11.1. The summed E-state index contributed by atoms with van der Waals surface area (Å²) in [6, 6.07) is 5.74. The van der Waals surface area contributed by atoms with Crippen LogP contribution in [0.25, 0.3) is 0 Å². The van der Waals surface area contributed by atoms with Crippen molar-refractivity contribution in [1.82, 2.24) is 5.32 Å². The van der Waals surface area contributed by atoms with Gasteiger partial charge in [-0.1, -0.05) is 33.3 Å². The van der Waals surface area contributed by atoms with Crippen LogP contribution in [0.5, 0.6) is 5.75 Å². The Morgan fingerprint density at radius 3 is 2.67 bits per heavy atom. The van der Waals surface area contributed by atoms with Gasteiger partial charge in [0, 0.05) is 6.54 Å². The molecule has 1 unspecified atom stereocenters. The van der Waals surface area contributed by atoms with Crippen LogP contribution in [-0.4, -0.2) is 23.7 Å². The average Bonchev–Trinajstić information content (AvgIpc) is 2.40. The van der Waals surface area contributed by atoms with Gasteiger partial charge in [-0.3, -0.25) is 0 Å². The molecule has 1 rings (SSSR count). The number of rotatable bonds is 9. The van der Waals surface area contributed by atoms with Crippen LogP contribution in [0.15, 0.2) is 22.7 Å². The van der Waals surface area contributed by atoms with E-state index in [0.29, 0.717) is 18.1 Å². The fraction of sp³-hybridized carbons (Fsp3) is 0.562. The van der Waals surface area contributed by atoms with Gasteiger partial charge in [0.2, 0.25) is 0 Å². The van der Waals surface area contributed by atoms with Crippen molar-refractivity contribution in [2.45, 2.75) is 46.3 Å². The number of carboxylic acid groups (broad SMARTS) is 1. The quantitative estimate of drug-likeness (QED) is 0.705. The predicted octanol–water partition coefficient (Wildman–Crippen LogP) is 3.83. The van der Waals surface area contributed by atoms with Gasteiger partial charge in [-0.05, 0) is 52.5 Å². The molecule has 0 saturated heterocycles. The van der Waals surface area contributed by atoms with Crippen molar-refractivity contribution in [3.8, 4) is 5.75 Å². The Morgan fingerprint density at radius 1 is 1.43 bits per heavy atom. The van der Waals surface area contributed by atoms with Crippen LogP contribution in [0.1, 0.15) is 39.2 Å². The van der Waals surface area contributed by atoms with E-state index in [0.717, 1.165) is 29.5 Å². The minimum absolute atomic E-state index is 0.499.